The van der Waals surface area contributed by atoms with E-state index in [9.17, 15) is 0 Å². The van der Waals surface area contributed by atoms with Crippen LogP contribution in [-0.4, -0.2) is 0 Å². The topological polar surface area (TPSA) is 0 Å². The molecule has 5 aromatic carbocycles. The van der Waals surface area contributed by atoms with Gasteiger partial charge in [-0.15, -0.1) is 0 Å². The van der Waals surface area contributed by atoms with Gasteiger partial charge in [0.05, 0.1) is 0 Å². The van der Waals surface area contributed by atoms with Gasteiger partial charge < -0.3 is 0 Å². The van der Waals surface area contributed by atoms with E-state index in [0.717, 1.165) is 0 Å². The fraction of sp³-hybridized carbons (Fsp3) is 0.0769. The second-order valence-corrected chi connectivity index (χ2v) is 7.14. The Morgan fingerprint density at radius 1 is 0.500 bits per heavy atom. The van der Waals surface area contributed by atoms with Crippen LogP contribution in [0.5, 0.6) is 0 Å². The van der Waals surface area contributed by atoms with Gasteiger partial charge in [0.15, 0.2) is 0 Å². The standard InChI is InChI=1S/C26H20/c1-17-11-14-24-25(18(17)2)16-21-9-5-6-10-23(21)26(24)22-13-12-19-7-3-4-8-20(19)15-22/h3-16H,1-2H3. The molecule has 0 atom stereocenters. The van der Waals surface area contributed by atoms with Gasteiger partial charge in [-0.1, -0.05) is 72.8 Å². The summed E-state index contributed by atoms with van der Waals surface area (Å²) in [5, 5.41) is 7.88. The Hall–Kier alpha value is -3.12. The van der Waals surface area contributed by atoms with Crippen molar-refractivity contribution < 1.29 is 0 Å². The number of benzene rings is 5. The van der Waals surface area contributed by atoms with E-state index in [-0.39, 0.29) is 0 Å². The lowest BCUT2D eigenvalue weighted by Crippen LogP contribution is -1.90. The monoisotopic (exact) mass is 332 g/mol. The molecule has 124 valence electrons. The maximum Gasteiger partial charge on any atom is -0.00265 e. The minimum absolute atomic E-state index is 1.29. The normalized spacial score (nSPS) is 11.5. The summed E-state index contributed by atoms with van der Waals surface area (Å²) in [5.41, 5.74) is 5.34. The quantitative estimate of drug-likeness (QED) is 0.280. The van der Waals surface area contributed by atoms with Crippen molar-refractivity contribution in [3.63, 3.8) is 0 Å². The van der Waals surface area contributed by atoms with E-state index in [1.165, 1.54) is 54.6 Å². The molecule has 0 saturated carbocycles. The summed E-state index contributed by atoms with van der Waals surface area (Å²) in [5.74, 6) is 0. The van der Waals surface area contributed by atoms with Crippen molar-refractivity contribution in [1.29, 1.82) is 0 Å². The Morgan fingerprint density at radius 3 is 2.08 bits per heavy atom. The number of rotatable bonds is 1. The summed E-state index contributed by atoms with van der Waals surface area (Å²) in [6.45, 7) is 4.43. The summed E-state index contributed by atoms with van der Waals surface area (Å²) in [6.07, 6.45) is 0. The van der Waals surface area contributed by atoms with Crippen LogP contribution in [0.15, 0.2) is 84.9 Å². The highest BCUT2D eigenvalue weighted by Gasteiger charge is 2.12. The van der Waals surface area contributed by atoms with Crippen molar-refractivity contribution in [3.05, 3.63) is 96.1 Å². The molecule has 0 spiro atoms. The first-order valence-corrected chi connectivity index (χ1v) is 9.13. The van der Waals surface area contributed by atoms with Gasteiger partial charge in [0.1, 0.15) is 0 Å². The van der Waals surface area contributed by atoms with Crippen LogP contribution in [0.3, 0.4) is 0 Å². The smallest absolute Gasteiger partial charge is 0.00265 e. The lowest BCUT2D eigenvalue weighted by molar-refractivity contribution is 1.38. The van der Waals surface area contributed by atoms with Gasteiger partial charge >= 0.3 is 0 Å². The van der Waals surface area contributed by atoms with E-state index in [1.54, 1.807) is 0 Å². The Morgan fingerprint density at radius 2 is 1.23 bits per heavy atom. The van der Waals surface area contributed by atoms with Crippen molar-refractivity contribution in [3.8, 4) is 11.1 Å². The molecule has 0 radical (unpaired) electrons. The van der Waals surface area contributed by atoms with Gasteiger partial charge in [-0.05, 0) is 80.6 Å². The molecule has 0 saturated heterocycles. The SMILES string of the molecule is Cc1ccc2c(-c3ccc4ccccc4c3)c3ccccc3cc2c1C. The largest absolute Gasteiger partial charge is 0.0616 e. The lowest BCUT2D eigenvalue weighted by atomic mass is 9.88. The highest BCUT2D eigenvalue weighted by Crippen LogP contribution is 2.39. The van der Waals surface area contributed by atoms with Crippen LogP contribution in [0.2, 0.25) is 0 Å². The van der Waals surface area contributed by atoms with Gasteiger partial charge in [-0.25, -0.2) is 0 Å². The van der Waals surface area contributed by atoms with Gasteiger partial charge in [0, 0.05) is 0 Å². The third-order valence-corrected chi connectivity index (χ3v) is 5.62. The van der Waals surface area contributed by atoms with E-state index < -0.39 is 0 Å². The molecule has 5 rings (SSSR count). The maximum atomic E-state index is 2.34. The Bertz CT molecular complexity index is 1290. The fourth-order valence-corrected chi connectivity index (χ4v) is 4.05. The first-order chi connectivity index (χ1) is 12.7. The zero-order valence-electron chi connectivity index (χ0n) is 15.1. The van der Waals surface area contributed by atoms with Gasteiger partial charge in [-0.2, -0.15) is 0 Å². The Labute approximate surface area is 153 Å². The first kappa shape index (κ1) is 15.2. The average molecular weight is 332 g/mol. The molecule has 0 N–H and O–H groups in total. The third-order valence-electron chi connectivity index (χ3n) is 5.62. The molecule has 0 aliphatic rings. The molecule has 0 heteroatoms. The summed E-state index contributed by atoms with van der Waals surface area (Å²) in [6, 6.07) is 31.0. The molecule has 0 unspecified atom stereocenters. The second-order valence-electron chi connectivity index (χ2n) is 7.14. The number of hydrogen-bond acceptors (Lipinski definition) is 0. The molecule has 0 aromatic heterocycles. The first-order valence-electron chi connectivity index (χ1n) is 9.13. The van der Waals surface area contributed by atoms with Crippen LogP contribution >= 0.6 is 0 Å². The number of fused-ring (bicyclic) bond motifs is 3. The van der Waals surface area contributed by atoms with Gasteiger partial charge in [-0.3, -0.25) is 0 Å². The summed E-state index contributed by atoms with van der Waals surface area (Å²) in [4.78, 5) is 0. The third kappa shape index (κ3) is 2.23. The van der Waals surface area contributed by atoms with Crippen LogP contribution < -0.4 is 0 Å². The van der Waals surface area contributed by atoms with Crippen LogP contribution in [0.4, 0.5) is 0 Å². The summed E-state index contributed by atoms with van der Waals surface area (Å²) in [7, 11) is 0. The van der Waals surface area contributed by atoms with Gasteiger partial charge in [0.25, 0.3) is 0 Å². The average Bonchev–Trinajstić information content (AvgIpc) is 2.69. The predicted molar refractivity (Wildman–Crippen MR) is 114 cm³/mol. The van der Waals surface area contributed by atoms with Crippen molar-refractivity contribution in [1.82, 2.24) is 0 Å². The highest BCUT2D eigenvalue weighted by atomic mass is 14.2. The Kier molecular flexibility index (Phi) is 3.33. The molecule has 26 heavy (non-hydrogen) atoms. The molecular formula is C26H20. The van der Waals surface area contributed by atoms with E-state index in [4.69, 9.17) is 0 Å². The van der Waals surface area contributed by atoms with Crippen LogP contribution in [0, 0.1) is 13.8 Å². The van der Waals surface area contributed by atoms with E-state index in [0.29, 0.717) is 0 Å². The Balaban J connectivity index is 1.96. The summed E-state index contributed by atoms with van der Waals surface area (Å²) >= 11 is 0. The van der Waals surface area contributed by atoms with Crippen LogP contribution in [0.1, 0.15) is 11.1 Å². The van der Waals surface area contributed by atoms with Crippen molar-refractivity contribution in [2.24, 2.45) is 0 Å². The maximum absolute atomic E-state index is 2.34. The lowest BCUT2D eigenvalue weighted by Gasteiger charge is -2.15. The molecule has 0 aliphatic heterocycles. The molecular weight excluding hydrogens is 312 g/mol. The number of hydrogen-bond donors (Lipinski definition) is 0. The molecule has 0 aliphatic carbocycles. The van der Waals surface area contributed by atoms with Crippen LogP contribution in [-0.2, 0) is 0 Å². The van der Waals surface area contributed by atoms with E-state index >= 15 is 0 Å². The minimum atomic E-state index is 1.29. The highest BCUT2D eigenvalue weighted by molar-refractivity contribution is 6.14. The zero-order chi connectivity index (χ0) is 17.7. The molecule has 0 fully saturated rings. The summed E-state index contributed by atoms with van der Waals surface area (Å²) < 4.78 is 0. The molecule has 0 bridgehead atoms. The minimum Gasteiger partial charge on any atom is -0.0616 e. The molecule has 0 heterocycles. The second kappa shape index (κ2) is 5.71. The van der Waals surface area contributed by atoms with Crippen molar-refractivity contribution in [2.45, 2.75) is 13.8 Å². The number of aryl methyl sites for hydroxylation is 2. The predicted octanol–water partition coefficient (Wildman–Crippen LogP) is 7.43. The van der Waals surface area contributed by atoms with Gasteiger partial charge in [0.2, 0.25) is 0 Å². The van der Waals surface area contributed by atoms with Crippen molar-refractivity contribution in [2.75, 3.05) is 0 Å². The van der Waals surface area contributed by atoms with Crippen LogP contribution in [0.25, 0.3) is 43.4 Å². The molecule has 5 aromatic rings. The van der Waals surface area contributed by atoms with E-state index in [2.05, 4.69) is 98.8 Å². The van der Waals surface area contributed by atoms with Crippen molar-refractivity contribution >= 4 is 32.3 Å². The molecule has 0 nitrogen and oxygen atoms in total. The fourth-order valence-electron chi connectivity index (χ4n) is 4.05. The zero-order valence-corrected chi connectivity index (χ0v) is 15.1. The van der Waals surface area contributed by atoms with E-state index in [1.807, 2.05) is 0 Å². The molecule has 0 amide bonds.